The Bertz CT molecular complexity index is 994. The van der Waals surface area contributed by atoms with Gasteiger partial charge in [-0.25, -0.2) is 4.98 Å². The van der Waals surface area contributed by atoms with Gasteiger partial charge in [-0.2, -0.15) is 0 Å². The van der Waals surface area contributed by atoms with Gasteiger partial charge in [-0.3, -0.25) is 19.3 Å². The van der Waals surface area contributed by atoms with Crippen molar-refractivity contribution in [1.29, 1.82) is 0 Å². The summed E-state index contributed by atoms with van der Waals surface area (Å²) in [6.45, 7) is 6.63. The van der Waals surface area contributed by atoms with Gasteiger partial charge in [0.25, 0.3) is 0 Å². The summed E-state index contributed by atoms with van der Waals surface area (Å²) in [4.78, 5) is 41.7. The predicted octanol–water partition coefficient (Wildman–Crippen LogP) is 2.55. The molecule has 3 amide bonds. The Morgan fingerprint density at radius 1 is 1.29 bits per heavy atom. The van der Waals surface area contributed by atoms with E-state index in [-0.39, 0.29) is 23.8 Å². The first-order chi connectivity index (χ1) is 16.3. The summed E-state index contributed by atoms with van der Waals surface area (Å²) in [6.07, 6.45) is 3.89. The van der Waals surface area contributed by atoms with Crippen LogP contribution in [0.5, 0.6) is 0 Å². The molecule has 2 aliphatic rings. The number of benzene rings is 1. The van der Waals surface area contributed by atoms with Gasteiger partial charge in [0.1, 0.15) is 6.04 Å². The van der Waals surface area contributed by atoms with Gasteiger partial charge in [0.2, 0.25) is 17.7 Å². The highest BCUT2D eigenvalue weighted by atomic mass is 32.1. The van der Waals surface area contributed by atoms with E-state index in [1.54, 1.807) is 10.4 Å². The quantitative estimate of drug-likeness (QED) is 0.557. The fourth-order valence-corrected chi connectivity index (χ4v) is 4.99. The molecule has 34 heavy (non-hydrogen) atoms. The number of hydrogen-bond donors (Lipinski definition) is 3. The average Bonchev–Trinajstić information content (AvgIpc) is 3.45. The average molecular weight is 486 g/mol. The van der Waals surface area contributed by atoms with Crippen molar-refractivity contribution in [2.75, 3.05) is 11.4 Å². The second-order valence-corrected chi connectivity index (χ2v) is 9.61. The molecule has 2 aromatic rings. The summed E-state index contributed by atoms with van der Waals surface area (Å²) in [7, 11) is 0. The molecule has 3 heterocycles. The number of carbonyl (C=O) groups is 3. The molecule has 0 aliphatic carbocycles. The molecule has 8 nitrogen and oxygen atoms in total. The number of rotatable bonds is 7. The maximum absolute atomic E-state index is 12.6. The fraction of sp³-hybridized carbons (Fsp3) is 0.520. The van der Waals surface area contributed by atoms with E-state index >= 15 is 0 Å². The van der Waals surface area contributed by atoms with E-state index in [1.807, 2.05) is 17.5 Å². The van der Waals surface area contributed by atoms with Crippen LogP contribution >= 0.6 is 11.3 Å². The zero-order valence-electron chi connectivity index (χ0n) is 20.2. The number of amides is 3. The van der Waals surface area contributed by atoms with Gasteiger partial charge in [0.15, 0.2) is 0 Å². The molecule has 1 aromatic heterocycles. The van der Waals surface area contributed by atoms with E-state index in [0.717, 1.165) is 36.2 Å². The summed E-state index contributed by atoms with van der Waals surface area (Å²) < 4.78 is 0. The number of thiazole rings is 1. The molecule has 4 N–H and O–H groups in total. The van der Waals surface area contributed by atoms with Crippen molar-refractivity contribution >= 4 is 34.7 Å². The van der Waals surface area contributed by atoms with Crippen LogP contribution in [-0.2, 0) is 33.8 Å². The summed E-state index contributed by atoms with van der Waals surface area (Å²) in [6, 6.07) is 5.82. The molecule has 184 valence electrons. The lowest BCUT2D eigenvalue weighted by molar-refractivity contribution is -0.126. The highest BCUT2D eigenvalue weighted by Crippen LogP contribution is 2.38. The highest BCUT2D eigenvalue weighted by Gasteiger charge is 2.40. The summed E-state index contributed by atoms with van der Waals surface area (Å²) in [5, 5.41) is 7.65. The molecule has 3 atom stereocenters. The van der Waals surface area contributed by atoms with Crippen molar-refractivity contribution in [3.8, 4) is 0 Å². The van der Waals surface area contributed by atoms with Crippen molar-refractivity contribution < 1.29 is 14.4 Å². The third-order valence-electron chi connectivity index (χ3n) is 6.48. The largest absolute Gasteiger partial charge is 0.352 e. The van der Waals surface area contributed by atoms with Gasteiger partial charge in [0, 0.05) is 37.7 Å². The Kier molecular flexibility index (Phi) is 9.18. The minimum atomic E-state index is -0.435. The number of aromatic nitrogens is 1. The number of hydrogen-bond acceptors (Lipinski definition) is 6. The molecule has 0 saturated heterocycles. The van der Waals surface area contributed by atoms with Crippen LogP contribution in [0.4, 0.5) is 5.69 Å². The van der Waals surface area contributed by atoms with E-state index in [0.29, 0.717) is 31.8 Å². The monoisotopic (exact) mass is 485 g/mol. The second kappa shape index (κ2) is 12.1. The zero-order valence-corrected chi connectivity index (χ0v) is 21.0. The van der Waals surface area contributed by atoms with E-state index in [4.69, 9.17) is 5.73 Å². The number of anilines is 1. The molecular weight excluding hydrogens is 450 g/mol. The van der Waals surface area contributed by atoms with Crippen LogP contribution < -0.4 is 21.3 Å². The van der Waals surface area contributed by atoms with Crippen LogP contribution in [-0.4, -0.2) is 41.3 Å². The summed E-state index contributed by atoms with van der Waals surface area (Å²) >= 11 is 1.51. The molecule has 0 saturated carbocycles. The van der Waals surface area contributed by atoms with E-state index in [9.17, 15) is 14.4 Å². The minimum absolute atomic E-state index is 0.000694. The number of nitrogens with one attached hydrogen (secondary N) is 2. The topological polar surface area (TPSA) is 117 Å². The molecule has 0 bridgehead atoms. The fourth-order valence-electron chi connectivity index (χ4n) is 4.43. The molecule has 1 unspecified atom stereocenters. The molecule has 4 rings (SSSR count). The van der Waals surface area contributed by atoms with E-state index < -0.39 is 6.04 Å². The maximum Gasteiger partial charge on any atom is 0.243 e. The number of nitrogens with zero attached hydrogens (tertiary/aromatic N) is 2. The SMILES string of the molecule is CC[C@H](C)[C@@H](CN)NC(C)=O.O=C(NCc1cscn1)C1Cc2cccc3c2N1C(=O)CCC3. The molecule has 2 aliphatic heterocycles. The Morgan fingerprint density at radius 2 is 2.06 bits per heavy atom. The molecule has 1 aromatic carbocycles. The number of para-hydroxylation sites is 1. The second-order valence-electron chi connectivity index (χ2n) is 8.89. The number of carbonyl (C=O) groups excluding carboxylic acids is 3. The highest BCUT2D eigenvalue weighted by molar-refractivity contribution is 7.07. The van der Waals surface area contributed by atoms with Gasteiger partial charge < -0.3 is 16.4 Å². The van der Waals surface area contributed by atoms with Crippen LogP contribution in [0, 0.1) is 5.92 Å². The Balaban J connectivity index is 0.000000252. The number of nitrogens with two attached hydrogens (primary N) is 1. The van der Waals surface area contributed by atoms with Gasteiger partial charge in [0.05, 0.1) is 23.4 Å². The summed E-state index contributed by atoms with van der Waals surface area (Å²) in [5.41, 5.74) is 11.3. The normalized spacial score (nSPS) is 18.2. The third-order valence-corrected chi connectivity index (χ3v) is 7.11. The zero-order chi connectivity index (χ0) is 24.7. The Hall–Kier alpha value is -2.78. The molecule has 0 spiro atoms. The van der Waals surface area contributed by atoms with Gasteiger partial charge in [-0.1, -0.05) is 38.5 Å². The Morgan fingerprint density at radius 3 is 2.71 bits per heavy atom. The lowest BCUT2D eigenvalue weighted by Gasteiger charge is -2.24. The van der Waals surface area contributed by atoms with Crippen LogP contribution in [0.2, 0.25) is 0 Å². The third kappa shape index (κ3) is 6.21. The molecule has 9 heteroatoms. The van der Waals surface area contributed by atoms with E-state index in [1.165, 1.54) is 23.8 Å². The Labute approximate surface area is 205 Å². The lowest BCUT2D eigenvalue weighted by Crippen LogP contribution is -2.47. The minimum Gasteiger partial charge on any atom is -0.352 e. The van der Waals surface area contributed by atoms with Crippen molar-refractivity contribution in [2.45, 2.75) is 71.5 Å². The first-order valence-electron chi connectivity index (χ1n) is 11.9. The first kappa shape index (κ1) is 25.8. The van der Waals surface area contributed by atoms with Crippen molar-refractivity contribution in [2.24, 2.45) is 11.7 Å². The smallest absolute Gasteiger partial charge is 0.243 e. The van der Waals surface area contributed by atoms with Crippen molar-refractivity contribution in [3.63, 3.8) is 0 Å². The van der Waals surface area contributed by atoms with Gasteiger partial charge >= 0.3 is 0 Å². The molecular formula is C25H35N5O3S. The van der Waals surface area contributed by atoms with Crippen molar-refractivity contribution in [1.82, 2.24) is 15.6 Å². The van der Waals surface area contributed by atoms with Crippen LogP contribution in [0.1, 0.15) is 56.9 Å². The van der Waals surface area contributed by atoms with Crippen LogP contribution in [0.3, 0.4) is 0 Å². The van der Waals surface area contributed by atoms with E-state index in [2.05, 4.69) is 35.5 Å². The lowest BCUT2D eigenvalue weighted by atomic mass is 9.99. The van der Waals surface area contributed by atoms with Gasteiger partial charge in [-0.15, -0.1) is 11.3 Å². The van der Waals surface area contributed by atoms with Gasteiger partial charge in [-0.05, 0) is 29.9 Å². The van der Waals surface area contributed by atoms with Crippen LogP contribution in [0.15, 0.2) is 29.1 Å². The standard InChI is InChI=1S/C17H17N3O2S.C8H18N2O/c21-15-6-2-4-11-3-1-5-12-7-14(20(15)16(11)12)17(22)18-8-13-9-23-10-19-13;1-4-6(2)8(5-9)10-7(3)11/h1,3,5,9-10,14H,2,4,6-8H2,(H,18,22);6,8H,4-5,9H2,1-3H3,(H,10,11)/t;6-,8+/m.0/s1. The maximum atomic E-state index is 12.6. The van der Waals surface area contributed by atoms with Crippen LogP contribution in [0.25, 0.3) is 0 Å². The predicted molar refractivity (Wildman–Crippen MR) is 134 cm³/mol. The first-order valence-corrected chi connectivity index (χ1v) is 12.8. The molecule has 0 radical (unpaired) electrons. The summed E-state index contributed by atoms with van der Waals surface area (Å²) in [5.74, 6) is 0.419. The molecule has 0 fully saturated rings. The number of aryl methyl sites for hydroxylation is 1. The van der Waals surface area contributed by atoms with Crippen molar-refractivity contribution in [3.05, 3.63) is 45.9 Å².